The Morgan fingerprint density at radius 1 is 0.917 bits per heavy atom. The van der Waals surface area contributed by atoms with Crippen LogP contribution in [0.2, 0.25) is 0 Å². The van der Waals surface area contributed by atoms with Crippen LogP contribution in [-0.2, 0) is 10.0 Å². The van der Waals surface area contributed by atoms with Gasteiger partial charge in [0.25, 0.3) is 5.56 Å². The van der Waals surface area contributed by atoms with Gasteiger partial charge in [-0.05, 0) is 69.1 Å². The number of anilines is 1. The molecule has 2 N–H and O–H groups in total. The molecule has 182 valence electrons. The lowest BCUT2D eigenvalue weighted by Gasteiger charge is -2.17. The molecule has 8 nitrogen and oxygen atoms in total. The molecule has 36 heavy (non-hydrogen) atoms. The number of benzene rings is 3. The number of aromatic nitrogens is 2. The van der Waals surface area contributed by atoms with Crippen LogP contribution in [0, 0.1) is 0 Å². The summed E-state index contributed by atoms with van der Waals surface area (Å²) in [5.41, 5.74) is 3.04. The molecule has 0 aliphatic heterocycles. The zero-order chi connectivity index (χ0) is 25.4. The first kappa shape index (κ1) is 23.6. The molecule has 3 aromatic carbocycles. The SMILES string of the molecule is COc1c(-c2ccsc2)cc(-n2c(=O)cc[nH]c2=O)cc1-c1ccc2cc(NS(C)(=O)=O)ccc2c1. The van der Waals surface area contributed by atoms with E-state index in [9.17, 15) is 18.0 Å². The highest BCUT2D eigenvalue weighted by molar-refractivity contribution is 7.92. The molecular weight excluding hydrogens is 498 g/mol. The monoisotopic (exact) mass is 519 g/mol. The lowest BCUT2D eigenvalue weighted by molar-refractivity contribution is 0.418. The number of nitrogens with one attached hydrogen (secondary N) is 2. The molecule has 2 aromatic heterocycles. The molecule has 5 rings (SSSR count). The number of rotatable bonds is 6. The van der Waals surface area contributed by atoms with Gasteiger partial charge >= 0.3 is 5.69 Å². The molecule has 0 saturated carbocycles. The Bertz CT molecular complexity index is 1790. The Hall–Kier alpha value is -4.15. The van der Waals surface area contributed by atoms with E-state index < -0.39 is 21.3 Å². The minimum atomic E-state index is -3.39. The summed E-state index contributed by atoms with van der Waals surface area (Å²) in [6.45, 7) is 0. The second-order valence-electron chi connectivity index (χ2n) is 8.19. The topological polar surface area (TPSA) is 110 Å². The maximum atomic E-state index is 12.6. The number of aromatic amines is 1. The molecule has 0 aliphatic rings. The van der Waals surface area contributed by atoms with Crippen molar-refractivity contribution in [2.45, 2.75) is 0 Å². The fourth-order valence-electron chi connectivity index (χ4n) is 4.17. The van der Waals surface area contributed by atoms with Crippen LogP contribution >= 0.6 is 11.3 Å². The van der Waals surface area contributed by atoms with E-state index in [0.29, 0.717) is 22.7 Å². The van der Waals surface area contributed by atoms with Crippen LogP contribution in [0.15, 0.2) is 87.2 Å². The van der Waals surface area contributed by atoms with Crippen molar-refractivity contribution >= 4 is 37.8 Å². The highest BCUT2D eigenvalue weighted by atomic mass is 32.2. The molecule has 0 aliphatic carbocycles. The van der Waals surface area contributed by atoms with Crippen molar-refractivity contribution < 1.29 is 13.2 Å². The van der Waals surface area contributed by atoms with Crippen LogP contribution in [0.4, 0.5) is 5.69 Å². The third-order valence-electron chi connectivity index (χ3n) is 5.68. The average Bonchev–Trinajstić information content (AvgIpc) is 3.37. The van der Waals surface area contributed by atoms with Crippen molar-refractivity contribution in [1.29, 1.82) is 0 Å². The van der Waals surface area contributed by atoms with Gasteiger partial charge in [-0.15, -0.1) is 0 Å². The van der Waals surface area contributed by atoms with Crippen molar-refractivity contribution in [3.63, 3.8) is 0 Å². The Labute approximate surface area is 210 Å². The summed E-state index contributed by atoms with van der Waals surface area (Å²) in [5.74, 6) is 0.604. The fraction of sp³-hybridized carbons (Fsp3) is 0.0769. The van der Waals surface area contributed by atoms with E-state index in [2.05, 4.69) is 9.71 Å². The number of ether oxygens (including phenoxy) is 1. The van der Waals surface area contributed by atoms with Gasteiger partial charge in [0.05, 0.1) is 19.1 Å². The third kappa shape index (κ3) is 4.56. The van der Waals surface area contributed by atoms with E-state index in [4.69, 9.17) is 4.74 Å². The number of nitrogens with zero attached hydrogens (tertiary/aromatic N) is 1. The summed E-state index contributed by atoms with van der Waals surface area (Å²) in [6.07, 6.45) is 2.43. The van der Waals surface area contributed by atoms with Crippen LogP contribution in [-0.4, -0.2) is 31.3 Å². The highest BCUT2D eigenvalue weighted by Gasteiger charge is 2.18. The number of hydrogen-bond acceptors (Lipinski definition) is 6. The molecule has 0 amide bonds. The Balaban J connectivity index is 1.74. The van der Waals surface area contributed by atoms with Crippen molar-refractivity contribution in [3.05, 3.63) is 98.5 Å². The quantitative estimate of drug-likeness (QED) is 0.344. The third-order valence-corrected chi connectivity index (χ3v) is 6.97. The van der Waals surface area contributed by atoms with Gasteiger partial charge in [-0.25, -0.2) is 17.8 Å². The summed E-state index contributed by atoms with van der Waals surface area (Å²) in [7, 11) is -1.81. The summed E-state index contributed by atoms with van der Waals surface area (Å²) < 4.78 is 32.6. The molecule has 0 atom stereocenters. The fourth-order valence-corrected chi connectivity index (χ4v) is 5.38. The predicted molar refractivity (Wildman–Crippen MR) is 144 cm³/mol. The van der Waals surface area contributed by atoms with E-state index in [1.54, 1.807) is 31.4 Å². The summed E-state index contributed by atoms with van der Waals surface area (Å²) in [4.78, 5) is 27.7. The minimum Gasteiger partial charge on any atom is -0.495 e. The Morgan fingerprint density at radius 3 is 2.31 bits per heavy atom. The van der Waals surface area contributed by atoms with Gasteiger partial charge in [0.2, 0.25) is 10.0 Å². The van der Waals surface area contributed by atoms with Crippen molar-refractivity contribution in [2.24, 2.45) is 0 Å². The van der Waals surface area contributed by atoms with Crippen molar-refractivity contribution in [1.82, 2.24) is 9.55 Å². The highest BCUT2D eigenvalue weighted by Crippen LogP contribution is 2.42. The largest absolute Gasteiger partial charge is 0.495 e. The molecule has 0 fully saturated rings. The molecule has 0 bridgehead atoms. The van der Waals surface area contributed by atoms with Crippen LogP contribution < -0.4 is 20.7 Å². The van der Waals surface area contributed by atoms with Crippen LogP contribution in [0.5, 0.6) is 5.75 Å². The lowest BCUT2D eigenvalue weighted by Crippen LogP contribution is -2.32. The molecule has 2 heterocycles. The second kappa shape index (κ2) is 9.14. The summed E-state index contributed by atoms with van der Waals surface area (Å²) in [5, 5.41) is 5.64. The maximum Gasteiger partial charge on any atom is 0.332 e. The van der Waals surface area contributed by atoms with Gasteiger partial charge in [-0.1, -0.05) is 18.2 Å². The maximum absolute atomic E-state index is 12.6. The number of hydrogen-bond donors (Lipinski definition) is 2. The van der Waals surface area contributed by atoms with E-state index in [1.807, 2.05) is 41.1 Å². The summed E-state index contributed by atoms with van der Waals surface area (Å²) in [6, 6.07) is 17.8. The molecule has 5 aromatic rings. The zero-order valence-electron chi connectivity index (χ0n) is 19.3. The Kier molecular flexibility index (Phi) is 5.99. The number of sulfonamides is 1. The van der Waals surface area contributed by atoms with Crippen LogP contribution in [0.1, 0.15) is 0 Å². The molecular formula is C26H21N3O5S2. The molecule has 0 radical (unpaired) electrons. The number of thiophene rings is 1. The normalized spacial score (nSPS) is 11.5. The second-order valence-corrected chi connectivity index (χ2v) is 10.7. The smallest absolute Gasteiger partial charge is 0.332 e. The minimum absolute atomic E-state index is 0.409. The molecule has 10 heteroatoms. The first-order valence-electron chi connectivity index (χ1n) is 10.8. The first-order valence-corrected chi connectivity index (χ1v) is 13.6. The first-order chi connectivity index (χ1) is 17.2. The predicted octanol–water partition coefficient (Wildman–Crippen LogP) is 4.45. The van der Waals surface area contributed by atoms with Gasteiger partial charge < -0.3 is 9.72 Å². The van der Waals surface area contributed by atoms with E-state index in [1.165, 1.54) is 23.6 Å². The molecule has 0 unspecified atom stereocenters. The number of H-pyrrole nitrogens is 1. The summed E-state index contributed by atoms with van der Waals surface area (Å²) >= 11 is 1.53. The Morgan fingerprint density at radius 2 is 1.64 bits per heavy atom. The van der Waals surface area contributed by atoms with Crippen molar-refractivity contribution in [3.8, 4) is 33.7 Å². The van der Waals surface area contributed by atoms with Gasteiger partial charge in [-0.3, -0.25) is 9.52 Å². The van der Waals surface area contributed by atoms with Gasteiger partial charge in [0.1, 0.15) is 5.75 Å². The number of methoxy groups -OCH3 is 1. The molecule has 0 saturated heterocycles. The average molecular weight is 520 g/mol. The van der Waals surface area contributed by atoms with Gasteiger partial charge in [-0.2, -0.15) is 11.3 Å². The van der Waals surface area contributed by atoms with E-state index >= 15 is 0 Å². The number of fused-ring (bicyclic) bond motifs is 1. The van der Waals surface area contributed by atoms with Crippen molar-refractivity contribution in [2.75, 3.05) is 18.1 Å². The lowest BCUT2D eigenvalue weighted by atomic mass is 9.95. The van der Waals surface area contributed by atoms with Gasteiger partial charge in [0.15, 0.2) is 0 Å². The van der Waals surface area contributed by atoms with Crippen LogP contribution in [0.25, 0.3) is 38.7 Å². The zero-order valence-corrected chi connectivity index (χ0v) is 20.9. The van der Waals surface area contributed by atoms with E-state index in [-0.39, 0.29) is 0 Å². The van der Waals surface area contributed by atoms with Crippen LogP contribution in [0.3, 0.4) is 0 Å². The molecule has 0 spiro atoms. The standard InChI is InChI=1S/C26H21N3O5S2/c1-34-25-22(18-4-3-17-12-20(28-36(2,32)33)6-5-16(17)11-18)13-21(14-23(25)19-8-10-35-15-19)29-24(30)7-9-27-26(29)31/h3-15,28H,1-2H3,(H,27,31). The van der Waals surface area contributed by atoms with Gasteiger partial charge in [0, 0.05) is 29.1 Å². The van der Waals surface area contributed by atoms with E-state index in [0.717, 1.165) is 38.3 Å².